The smallest absolute Gasteiger partial charge is 0.203 e. The quantitative estimate of drug-likeness (QED) is 0.791. The van der Waals surface area contributed by atoms with Crippen molar-refractivity contribution in [3.63, 3.8) is 0 Å². The van der Waals surface area contributed by atoms with Crippen molar-refractivity contribution < 1.29 is 4.74 Å². The van der Waals surface area contributed by atoms with Crippen molar-refractivity contribution in [3.8, 4) is 0 Å². The van der Waals surface area contributed by atoms with Crippen molar-refractivity contribution in [3.05, 3.63) is 11.9 Å². The van der Waals surface area contributed by atoms with Crippen LogP contribution in [0.15, 0.2) is 6.20 Å². The topological polar surface area (TPSA) is 39.1 Å². The monoisotopic (exact) mass is 237 g/mol. The molecule has 17 heavy (non-hydrogen) atoms. The third-order valence-corrected chi connectivity index (χ3v) is 3.49. The van der Waals surface area contributed by atoms with E-state index in [9.17, 15) is 0 Å². The van der Waals surface area contributed by atoms with E-state index >= 15 is 0 Å². The van der Waals surface area contributed by atoms with Crippen LogP contribution >= 0.6 is 0 Å². The van der Waals surface area contributed by atoms with Gasteiger partial charge in [-0.1, -0.05) is 19.3 Å². The van der Waals surface area contributed by atoms with Gasteiger partial charge in [0, 0.05) is 26.4 Å². The van der Waals surface area contributed by atoms with Crippen molar-refractivity contribution in [2.75, 3.05) is 25.6 Å². The summed E-state index contributed by atoms with van der Waals surface area (Å²) in [5.41, 5.74) is 1.06. The fourth-order valence-corrected chi connectivity index (χ4v) is 2.22. The van der Waals surface area contributed by atoms with Crippen LogP contribution < -0.4 is 5.32 Å². The van der Waals surface area contributed by atoms with Gasteiger partial charge in [0.15, 0.2) is 0 Å². The van der Waals surface area contributed by atoms with Gasteiger partial charge in [-0.3, -0.25) is 0 Å². The zero-order valence-electron chi connectivity index (χ0n) is 10.9. The van der Waals surface area contributed by atoms with Crippen molar-refractivity contribution in [1.82, 2.24) is 9.55 Å². The Balaban J connectivity index is 1.80. The van der Waals surface area contributed by atoms with Gasteiger partial charge >= 0.3 is 0 Å². The van der Waals surface area contributed by atoms with Gasteiger partial charge in [0.05, 0.1) is 12.3 Å². The summed E-state index contributed by atoms with van der Waals surface area (Å²) >= 11 is 0. The van der Waals surface area contributed by atoms with Crippen LogP contribution in [0.2, 0.25) is 0 Å². The highest BCUT2D eigenvalue weighted by Gasteiger charge is 2.16. The lowest BCUT2D eigenvalue weighted by molar-refractivity contribution is 0.187. The largest absolute Gasteiger partial charge is 0.383 e. The van der Waals surface area contributed by atoms with E-state index in [1.54, 1.807) is 7.11 Å². The average Bonchev–Trinajstić information content (AvgIpc) is 2.60. The third kappa shape index (κ3) is 3.46. The van der Waals surface area contributed by atoms with Gasteiger partial charge < -0.3 is 14.6 Å². The number of hydrogen-bond acceptors (Lipinski definition) is 3. The van der Waals surface area contributed by atoms with E-state index in [-0.39, 0.29) is 0 Å². The molecule has 4 heteroatoms. The highest BCUT2D eigenvalue weighted by Crippen LogP contribution is 2.29. The molecule has 4 nitrogen and oxygen atoms in total. The van der Waals surface area contributed by atoms with Crippen LogP contribution in [0, 0.1) is 12.8 Å². The molecule has 0 aliphatic heterocycles. The van der Waals surface area contributed by atoms with E-state index < -0.39 is 0 Å². The SMILES string of the molecule is COCCn1cc(C)nc1NCCC1CCC1. The Morgan fingerprint density at radius 3 is 3.00 bits per heavy atom. The normalized spacial score (nSPS) is 15.9. The lowest BCUT2D eigenvalue weighted by atomic mass is 9.83. The molecule has 2 rings (SSSR count). The molecule has 1 fully saturated rings. The first-order chi connectivity index (χ1) is 8.29. The molecule has 0 aromatic carbocycles. The fourth-order valence-electron chi connectivity index (χ4n) is 2.22. The number of imidazole rings is 1. The fraction of sp³-hybridized carbons (Fsp3) is 0.769. The Bertz CT molecular complexity index is 344. The molecule has 0 bridgehead atoms. The number of rotatable bonds is 7. The molecule has 1 heterocycles. The van der Waals surface area contributed by atoms with Crippen LogP contribution in [0.4, 0.5) is 5.95 Å². The summed E-state index contributed by atoms with van der Waals surface area (Å²) in [5.74, 6) is 1.94. The summed E-state index contributed by atoms with van der Waals surface area (Å²) in [6.07, 6.45) is 7.60. The molecule has 1 saturated carbocycles. The number of hydrogen-bond donors (Lipinski definition) is 1. The van der Waals surface area contributed by atoms with Gasteiger partial charge in [-0.2, -0.15) is 0 Å². The molecule has 1 N–H and O–H groups in total. The van der Waals surface area contributed by atoms with E-state index in [1.165, 1.54) is 25.7 Å². The van der Waals surface area contributed by atoms with Crippen LogP contribution in [0.25, 0.3) is 0 Å². The van der Waals surface area contributed by atoms with Crippen molar-refractivity contribution in [2.45, 2.75) is 39.2 Å². The molecule has 1 aliphatic carbocycles. The molecule has 1 aliphatic rings. The first-order valence-electron chi connectivity index (χ1n) is 6.56. The Labute approximate surface area is 103 Å². The maximum atomic E-state index is 5.10. The molecule has 0 radical (unpaired) electrons. The van der Waals surface area contributed by atoms with E-state index in [2.05, 4.69) is 21.1 Å². The molecule has 0 spiro atoms. The summed E-state index contributed by atoms with van der Waals surface area (Å²) in [4.78, 5) is 4.50. The number of aromatic nitrogens is 2. The number of nitrogens with one attached hydrogen (secondary N) is 1. The van der Waals surface area contributed by atoms with Crippen LogP contribution in [0.5, 0.6) is 0 Å². The summed E-state index contributed by atoms with van der Waals surface area (Å²) < 4.78 is 7.24. The maximum Gasteiger partial charge on any atom is 0.203 e. The molecular formula is C13H23N3O. The lowest BCUT2D eigenvalue weighted by Gasteiger charge is -2.25. The molecule has 0 saturated heterocycles. The van der Waals surface area contributed by atoms with E-state index in [0.717, 1.165) is 37.3 Å². The summed E-state index contributed by atoms with van der Waals surface area (Å²) in [5, 5.41) is 3.44. The number of anilines is 1. The number of nitrogens with zero attached hydrogens (tertiary/aromatic N) is 2. The van der Waals surface area contributed by atoms with Crippen LogP contribution in [-0.2, 0) is 11.3 Å². The van der Waals surface area contributed by atoms with E-state index in [1.807, 2.05) is 6.92 Å². The molecule has 1 aromatic heterocycles. The van der Waals surface area contributed by atoms with Gasteiger partial charge in [0.25, 0.3) is 0 Å². The van der Waals surface area contributed by atoms with Gasteiger partial charge in [-0.05, 0) is 19.3 Å². The minimum Gasteiger partial charge on any atom is -0.383 e. The predicted octanol–water partition coefficient (Wildman–Crippen LogP) is 2.44. The minimum absolute atomic E-state index is 0.729. The third-order valence-electron chi connectivity index (χ3n) is 3.49. The Hall–Kier alpha value is -1.03. The number of aryl methyl sites for hydroxylation is 1. The molecule has 1 aromatic rings. The van der Waals surface area contributed by atoms with Crippen molar-refractivity contribution >= 4 is 5.95 Å². The minimum atomic E-state index is 0.729. The number of ether oxygens (including phenoxy) is 1. The van der Waals surface area contributed by atoms with Crippen LogP contribution in [0.3, 0.4) is 0 Å². The second kappa shape index (κ2) is 6.05. The second-order valence-electron chi connectivity index (χ2n) is 4.90. The van der Waals surface area contributed by atoms with Crippen molar-refractivity contribution in [1.29, 1.82) is 0 Å². The maximum absolute atomic E-state index is 5.10. The lowest BCUT2D eigenvalue weighted by Crippen LogP contribution is -2.17. The Morgan fingerprint density at radius 1 is 1.53 bits per heavy atom. The molecular weight excluding hydrogens is 214 g/mol. The predicted molar refractivity (Wildman–Crippen MR) is 69.3 cm³/mol. The number of methoxy groups -OCH3 is 1. The zero-order chi connectivity index (χ0) is 12.1. The van der Waals surface area contributed by atoms with Gasteiger partial charge in [0.2, 0.25) is 5.95 Å². The second-order valence-corrected chi connectivity index (χ2v) is 4.90. The van der Waals surface area contributed by atoms with E-state index in [0.29, 0.717) is 0 Å². The van der Waals surface area contributed by atoms with Gasteiger partial charge in [-0.25, -0.2) is 4.98 Å². The van der Waals surface area contributed by atoms with Gasteiger partial charge in [-0.15, -0.1) is 0 Å². The first kappa shape index (κ1) is 12.4. The van der Waals surface area contributed by atoms with Gasteiger partial charge in [0.1, 0.15) is 0 Å². The standard InChI is InChI=1S/C13H23N3O/c1-11-10-16(8-9-17-2)13(15-11)14-7-6-12-4-3-5-12/h10,12H,3-9H2,1-2H3,(H,14,15). The Kier molecular flexibility index (Phi) is 4.42. The Morgan fingerprint density at radius 2 is 2.35 bits per heavy atom. The summed E-state index contributed by atoms with van der Waals surface area (Å²) in [6.45, 7) is 4.66. The molecule has 0 atom stereocenters. The highest BCUT2D eigenvalue weighted by atomic mass is 16.5. The average molecular weight is 237 g/mol. The molecule has 0 amide bonds. The summed E-state index contributed by atoms with van der Waals surface area (Å²) in [7, 11) is 1.73. The van der Waals surface area contributed by atoms with Crippen LogP contribution in [0.1, 0.15) is 31.4 Å². The summed E-state index contributed by atoms with van der Waals surface area (Å²) in [6, 6.07) is 0. The van der Waals surface area contributed by atoms with Crippen LogP contribution in [-0.4, -0.2) is 29.8 Å². The zero-order valence-corrected chi connectivity index (χ0v) is 10.9. The molecule has 96 valence electrons. The van der Waals surface area contributed by atoms with Crippen molar-refractivity contribution in [2.24, 2.45) is 5.92 Å². The highest BCUT2D eigenvalue weighted by molar-refractivity contribution is 5.28. The van der Waals surface area contributed by atoms with E-state index in [4.69, 9.17) is 4.74 Å². The molecule has 0 unspecified atom stereocenters. The first-order valence-corrected chi connectivity index (χ1v) is 6.56.